The van der Waals surface area contributed by atoms with E-state index in [0.717, 1.165) is 30.6 Å². The average molecular weight is 269 g/mol. The normalized spacial score (nSPS) is 20.5. The Labute approximate surface area is 112 Å². The van der Waals surface area contributed by atoms with Gasteiger partial charge in [0.25, 0.3) is 0 Å². The maximum Gasteiger partial charge on any atom is 0.123 e. The van der Waals surface area contributed by atoms with Crippen LogP contribution in [0.15, 0.2) is 23.1 Å². The van der Waals surface area contributed by atoms with Gasteiger partial charge >= 0.3 is 0 Å². The molecule has 0 aliphatic carbocycles. The predicted octanol–water partition coefficient (Wildman–Crippen LogP) is 3.11. The Balaban J connectivity index is 2.05. The number of rotatable bonds is 5. The van der Waals surface area contributed by atoms with Gasteiger partial charge < -0.3 is 10.4 Å². The highest BCUT2D eigenvalue weighted by molar-refractivity contribution is 7.99. The molecular weight excluding hydrogens is 249 g/mol. The van der Waals surface area contributed by atoms with E-state index in [1.54, 1.807) is 17.8 Å². The molecular formula is C14H20FNOS. The number of aliphatic hydroxyl groups excluding tert-OH is 1. The van der Waals surface area contributed by atoms with Crippen molar-refractivity contribution in [2.24, 2.45) is 0 Å². The Hall–Kier alpha value is -0.580. The SMILES string of the molecule is CC(CCCO)NC1CCSc2ccc(F)cc21. The number of hydrogen-bond donors (Lipinski definition) is 2. The van der Waals surface area contributed by atoms with E-state index in [2.05, 4.69) is 12.2 Å². The molecule has 1 aliphatic rings. The van der Waals surface area contributed by atoms with Gasteiger partial charge in [0.05, 0.1) is 0 Å². The molecule has 2 unspecified atom stereocenters. The molecule has 1 aromatic rings. The second-order valence-corrected chi connectivity index (χ2v) is 5.94. The molecule has 0 aromatic heterocycles. The molecule has 0 fully saturated rings. The summed E-state index contributed by atoms with van der Waals surface area (Å²) in [7, 11) is 0. The van der Waals surface area contributed by atoms with Crippen LogP contribution in [0.5, 0.6) is 0 Å². The van der Waals surface area contributed by atoms with Crippen LogP contribution in [0.25, 0.3) is 0 Å². The molecule has 1 aromatic carbocycles. The lowest BCUT2D eigenvalue weighted by molar-refractivity contribution is 0.273. The fourth-order valence-electron chi connectivity index (χ4n) is 2.36. The van der Waals surface area contributed by atoms with E-state index in [1.165, 1.54) is 11.0 Å². The summed E-state index contributed by atoms with van der Waals surface area (Å²) in [5, 5.41) is 12.4. The minimum Gasteiger partial charge on any atom is -0.396 e. The zero-order valence-corrected chi connectivity index (χ0v) is 11.5. The minimum atomic E-state index is -0.161. The van der Waals surface area contributed by atoms with Crippen LogP contribution in [0, 0.1) is 5.82 Å². The summed E-state index contributed by atoms with van der Waals surface area (Å²) in [5.41, 5.74) is 1.09. The van der Waals surface area contributed by atoms with Crippen molar-refractivity contribution in [3.63, 3.8) is 0 Å². The summed E-state index contributed by atoms with van der Waals surface area (Å²) in [5.74, 6) is 0.911. The van der Waals surface area contributed by atoms with Crippen molar-refractivity contribution in [3.8, 4) is 0 Å². The lowest BCUT2D eigenvalue weighted by Crippen LogP contribution is -2.32. The van der Waals surface area contributed by atoms with E-state index < -0.39 is 0 Å². The summed E-state index contributed by atoms with van der Waals surface area (Å²) in [6.07, 6.45) is 2.79. The maximum absolute atomic E-state index is 13.3. The van der Waals surface area contributed by atoms with Crippen molar-refractivity contribution in [1.82, 2.24) is 5.32 Å². The first kappa shape index (κ1) is 13.8. The molecule has 0 amide bonds. The molecule has 2 nitrogen and oxygen atoms in total. The van der Waals surface area contributed by atoms with Crippen molar-refractivity contribution in [3.05, 3.63) is 29.6 Å². The monoisotopic (exact) mass is 269 g/mol. The summed E-state index contributed by atoms with van der Waals surface area (Å²) in [6.45, 7) is 2.36. The van der Waals surface area contributed by atoms with Gasteiger partial charge in [0, 0.05) is 23.6 Å². The Morgan fingerprint density at radius 1 is 1.56 bits per heavy atom. The zero-order chi connectivity index (χ0) is 13.0. The van der Waals surface area contributed by atoms with E-state index in [4.69, 9.17) is 5.11 Å². The lowest BCUT2D eigenvalue weighted by Gasteiger charge is -2.29. The van der Waals surface area contributed by atoms with Crippen LogP contribution in [0.3, 0.4) is 0 Å². The largest absolute Gasteiger partial charge is 0.396 e. The quantitative estimate of drug-likeness (QED) is 0.861. The zero-order valence-electron chi connectivity index (χ0n) is 10.7. The number of fused-ring (bicyclic) bond motifs is 1. The van der Waals surface area contributed by atoms with Crippen molar-refractivity contribution in [2.45, 2.75) is 43.2 Å². The molecule has 100 valence electrons. The Morgan fingerprint density at radius 2 is 2.39 bits per heavy atom. The van der Waals surface area contributed by atoms with Gasteiger partial charge in [-0.25, -0.2) is 4.39 Å². The van der Waals surface area contributed by atoms with Gasteiger partial charge in [0.1, 0.15) is 5.82 Å². The van der Waals surface area contributed by atoms with Crippen molar-refractivity contribution in [2.75, 3.05) is 12.4 Å². The Bertz CT molecular complexity index is 399. The van der Waals surface area contributed by atoms with Crippen LogP contribution in [-0.2, 0) is 0 Å². The van der Waals surface area contributed by atoms with Crippen LogP contribution in [0.2, 0.25) is 0 Å². The second-order valence-electron chi connectivity index (χ2n) is 4.81. The van der Waals surface area contributed by atoms with Gasteiger partial charge in [-0.05, 0) is 55.7 Å². The summed E-state index contributed by atoms with van der Waals surface area (Å²) in [4.78, 5) is 1.19. The van der Waals surface area contributed by atoms with E-state index in [0.29, 0.717) is 6.04 Å². The lowest BCUT2D eigenvalue weighted by atomic mass is 10.0. The number of aliphatic hydroxyl groups is 1. The number of benzene rings is 1. The summed E-state index contributed by atoms with van der Waals surface area (Å²) in [6, 6.07) is 5.65. The first-order chi connectivity index (χ1) is 8.70. The molecule has 2 N–H and O–H groups in total. The molecule has 0 saturated carbocycles. The molecule has 0 radical (unpaired) electrons. The first-order valence-electron chi connectivity index (χ1n) is 6.50. The fraction of sp³-hybridized carbons (Fsp3) is 0.571. The number of nitrogens with one attached hydrogen (secondary N) is 1. The third kappa shape index (κ3) is 3.46. The van der Waals surface area contributed by atoms with Crippen molar-refractivity contribution in [1.29, 1.82) is 0 Å². The maximum atomic E-state index is 13.3. The molecule has 2 atom stereocenters. The summed E-state index contributed by atoms with van der Waals surface area (Å²) >= 11 is 1.80. The van der Waals surface area contributed by atoms with Crippen LogP contribution in [0.1, 0.15) is 37.8 Å². The molecule has 0 saturated heterocycles. The van der Waals surface area contributed by atoms with Gasteiger partial charge in [0.2, 0.25) is 0 Å². The predicted molar refractivity (Wildman–Crippen MR) is 73.4 cm³/mol. The smallest absolute Gasteiger partial charge is 0.123 e. The highest BCUT2D eigenvalue weighted by Crippen LogP contribution is 2.36. The third-order valence-electron chi connectivity index (χ3n) is 3.29. The highest BCUT2D eigenvalue weighted by Gasteiger charge is 2.22. The molecule has 2 rings (SSSR count). The Morgan fingerprint density at radius 3 is 3.17 bits per heavy atom. The molecule has 0 spiro atoms. The number of halogens is 1. The topological polar surface area (TPSA) is 32.3 Å². The Kier molecular flexibility index (Phi) is 5.03. The van der Waals surface area contributed by atoms with E-state index in [1.807, 2.05) is 6.07 Å². The van der Waals surface area contributed by atoms with Gasteiger partial charge in [-0.15, -0.1) is 11.8 Å². The van der Waals surface area contributed by atoms with Gasteiger partial charge in [-0.3, -0.25) is 0 Å². The average Bonchev–Trinajstić information content (AvgIpc) is 2.37. The van der Waals surface area contributed by atoms with Crippen LogP contribution >= 0.6 is 11.8 Å². The van der Waals surface area contributed by atoms with Crippen molar-refractivity contribution < 1.29 is 9.50 Å². The molecule has 0 bridgehead atoms. The molecule has 4 heteroatoms. The fourth-order valence-corrected chi connectivity index (χ4v) is 3.47. The summed E-state index contributed by atoms with van der Waals surface area (Å²) < 4.78 is 13.3. The standard InChI is InChI=1S/C14H20FNOS/c1-10(3-2-7-17)16-13-6-8-18-14-5-4-11(15)9-12(13)14/h4-5,9-10,13,16-17H,2-3,6-8H2,1H3. The molecule has 1 heterocycles. The molecule has 1 aliphatic heterocycles. The first-order valence-corrected chi connectivity index (χ1v) is 7.48. The van der Waals surface area contributed by atoms with E-state index in [9.17, 15) is 4.39 Å². The van der Waals surface area contributed by atoms with Gasteiger partial charge in [-0.2, -0.15) is 0 Å². The minimum absolute atomic E-state index is 0.161. The van der Waals surface area contributed by atoms with E-state index in [-0.39, 0.29) is 18.5 Å². The number of thioether (sulfide) groups is 1. The second kappa shape index (κ2) is 6.55. The van der Waals surface area contributed by atoms with Gasteiger partial charge in [-0.1, -0.05) is 0 Å². The highest BCUT2D eigenvalue weighted by atomic mass is 32.2. The van der Waals surface area contributed by atoms with E-state index >= 15 is 0 Å². The number of hydrogen-bond acceptors (Lipinski definition) is 3. The van der Waals surface area contributed by atoms with Crippen LogP contribution in [-0.4, -0.2) is 23.5 Å². The third-order valence-corrected chi connectivity index (χ3v) is 4.41. The van der Waals surface area contributed by atoms with Gasteiger partial charge in [0.15, 0.2) is 0 Å². The van der Waals surface area contributed by atoms with Crippen LogP contribution in [0.4, 0.5) is 4.39 Å². The van der Waals surface area contributed by atoms with Crippen LogP contribution < -0.4 is 5.32 Å². The molecule has 18 heavy (non-hydrogen) atoms. The van der Waals surface area contributed by atoms with Crippen molar-refractivity contribution >= 4 is 11.8 Å².